The van der Waals surface area contributed by atoms with E-state index in [-0.39, 0.29) is 31.2 Å². The minimum Gasteiger partial charge on any atom is -0.492 e. The van der Waals surface area contributed by atoms with Crippen LogP contribution < -0.4 is 15.6 Å². The average Bonchev–Trinajstić information content (AvgIpc) is 2.87. The first-order valence-electron chi connectivity index (χ1n) is 12.0. The molecule has 0 bridgehead atoms. The Morgan fingerprint density at radius 3 is 2.53 bits per heavy atom. The molecule has 9 nitrogen and oxygen atoms in total. The molecule has 1 aliphatic heterocycles. The van der Waals surface area contributed by atoms with Gasteiger partial charge in [-0.1, -0.05) is 42.0 Å². The van der Waals surface area contributed by atoms with Crippen LogP contribution in [0.1, 0.15) is 30.7 Å². The number of benzene rings is 2. The number of anilines is 1. The van der Waals surface area contributed by atoms with Gasteiger partial charge in [0, 0.05) is 17.7 Å². The minimum absolute atomic E-state index is 0.178. The lowest BCUT2D eigenvalue weighted by Crippen LogP contribution is -2.42. The topological polar surface area (TPSA) is 103 Å². The molecule has 0 unspecified atom stereocenters. The molecule has 188 valence electrons. The number of rotatable bonds is 7. The fraction of sp³-hybridized carbons (Fsp3) is 0.333. The number of para-hydroxylation sites is 2. The van der Waals surface area contributed by atoms with Crippen molar-refractivity contribution in [3.05, 3.63) is 75.7 Å². The third-order valence-electron chi connectivity index (χ3n) is 5.92. The standard InChI is InChI=1S/C27H30N4O5/c1-4-35-23-9-7-6-8-21(23)28-24(32)17-31-25(19-12-10-18(3)11-13-19)29-22-16-30(27(34)36-5-2)15-14-20(22)26(31)33/h6-13H,4-5,14-17H2,1-3H3,(H,28,32). The Morgan fingerprint density at radius 2 is 1.81 bits per heavy atom. The number of hydrogen-bond donors (Lipinski definition) is 1. The maximum atomic E-state index is 13.6. The summed E-state index contributed by atoms with van der Waals surface area (Å²) in [5.41, 5.74) is 3.04. The minimum atomic E-state index is -0.432. The van der Waals surface area contributed by atoms with Gasteiger partial charge in [0.2, 0.25) is 5.91 Å². The van der Waals surface area contributed by atoms with Crippen LogP contribution in [0.5, 0.6) is 5.75 Å². The number of aromatic nitrogens is 2. The molecule has 1 aromatic heterocycles. The molecule has 4 rings (SSSR count). The first kappa shape index (κ1) is 25.0. The van der Waals surface area contributed by atoms with Gasteiger partial charge < -0.3 is 19.7 Å². The zero-order valence-corrected chi connectivity index (χ0v) is 20.7. The molecule has 3 aromatic rings. The number of carbonyl (C=O) groups is 2. The zero-order chi connectivity index (χ0) is 25.7. The van der Waals surface area contributed by atoms with Crippen molar-refractivity contribution in [2.24, 2.45) is 0 Å². The molecule has 2 heterocycles. The van der Waals surface area contributed by atoms with Crippen LogP contribution in [-0.4, -0.2) is 46.2 Å². The van der Waals surface area contributed by atoms with Crippen molar-refractivity contribution in [2.75, 3.05) is 25.1 Å². The molecule has 0 saturated carbocycles. The molecule has 1 aliphatic rings. The molecule has 0 spiro atoms. The van der Waals surface area contributed by atoms with Crippen molar-refractivity contribution in [1.82, 2.24) is 14.5 Å². The summed E-state index contributed by atoms with van der Waals surface area (Å²) >= 11 is 0. The second-order valence-corrected chi connectivity index (χ2v) is 8.47. The summed E-state index contributed by atoms with van der Waals surface area (Å²) in [7, 11) is 0. The van der Waals surface area contributed by atoms with Crippen molar-refractivity contribution in [3.8, 4) is 17.1 Å². The van der Waals surface area contributed by atoms with Gasteiger partial charge in [-0.25, -0.2) is 9.78 Å². The lowest BCUT2D eigenvalue weighted by Gasteiger charge is -2.28. The van der Waals surface area contributed by atoms with Gasteiger partial charge in [-0.05, 0) is 39.3 Å². The summed E-state index contributed by atoms with van der Waals surface area (Å²) in [6, 6.07) is 14.7. The van der Waals surface area contributed by atoms with Crippen LogP contribution in [0.15, 0.2) is 53.3 Å². The van der Waals surface area contributed by atoms with E-state index in [9.17, 15) is 14.4 Å². The van der Waals surface area contributed by atoms with Gasteiger partial charge in [-0.15, -0.1) is 0 Å². The smallest absolute Gasteiger partial charge is 0.410 e. The number of amides is 2. The fourth-order valence-electron chi connectivity index (χ4n) is 4.15. The highest BCUT2D eigenvalue weighted by atomic mass is 16.6. The van der Waals surface area contributed by atoms with E-state index in [0.717, 1.165) is 5.56 Å². The predicted octanol–water partition coefficient (Wildman–Crippen LogP) is 3.77. The highest BCUT2D eigenvalue weighted by molar-refractivity contribution is 5.92. The molecule has 0 saturated heterocycles. The van der Waals surface area contributed by atoms with Gasteiger partial charge >= 0.3 is 6.09 Å². The van der Waals surface area contributed by atoms with E-state index in [2.05, 4.69) is 5.32 Å². The third-order valence-corrected chi connectivity index (χ3v) is 5.92. The van der Waals surface area contributed by atoms with E-state index in [4.69, 9.17) is 14.5 Å². The van der Waals surface area contributed by atoms with E-state index in [1.165, 1.54) is 4.57 Å². The van der Waals surface area contributed by atoms with Crippen LogP contribution in [0.25, 0.3) is 11.4 Å². The van der Waals surface area contributed by atoms with Gasteiger partial charge in [-0.3, -0.25) is 14.2 Å². The molecule has 9 heteroatoms. The number of aryl methyl sites for hydroxylation is 1. The Balaban J connectivity index is 1.70. The Morgan fingerprint density at radius 1 is 1.06 bits per heavy atom. The van der Waals surface area contributed by atoms with Crippen LogP contribution in [-0.2, 0) is 29.0 Å². The lowest BCUT2D eigenvalue weighted by molar-refractivity contribution is -0.116. The first-order chi connectivity index (χ1) is 17.4. The Bertz CT molecular complexity index is 1320. The zero-order valence-electron chi connectivity index (χ0n) is 20.7. The van der Waals surface area contributed by atoms with E-state index in [0.29, 0.717) is 53.7 Å². The van der Waals surface area contributed by atoms with Gasteiger partial charge in [-0.2, -0.15) is 0 Å². The first-order valence-corrected chi connectivity index (χ1v) is 12.0. The summed E-state index contributed by atoms with van der Waals surface area (Å²) in [6.07, 6.45) is -0.0958. The molecule has 2 aromatic carbocycles. The number of nitrogens with zero attached hydrogens (tertiary/aromatic N) is 3. The lowest BCUT2D eigenvalue weighted by atomic mass is 10.1. The van der Waals surface area contributed by atoms with Gasteiger partial charge in [0.15, 0.2) is 0 Å². The van der Waals surface area contributed by atoms with E-state index >= 15 is 0 Å². The molecular formula is C27H30N4O5. The third kappa shape index (κ3) is 5.40. The van der Waals surface area contributed by atoms with E-state index in [1.54, 1.807) is 30.0 Å². The number of carbonyl (C=O) groups excluding carboxylic acids is 2. The summed E-state index contributed by atoms with van der Waals surface area (Å²) in [4.78, 5) is 45.3. The second kappa shape index (κ2) is 11.1. The highest BCUT2D eigenvalue weighted by Gasteiger charge is 2.27. The van der Waals surface area contributed by atoms with Crippen molar-refractivity contribution in [3.63, 3.8) is 0 Å². The van der Waals surface area contributed by atoms with E-state index < -0.39 is 6.09 Å². The summed E-state index contributed by atoms with van der Waals surface area (Å²) in [5.74, 6) is 0.558. The molecule has 1 N–H and O–H groups in total. The van der Waals surface area contributed by atoms with Gasteiger partial charge in [0.1, 0.15) is 18.1 Å². The molecular weight excluding hydrogens is 460 g/mol. The van der Waals surface area contributed by atoms with Crippen LogP contribution in [0.3, 0.4) is 0 Å². The SMILES string of the molecule is CCOC(=O)N1CCc2c(nc(-c3ccc(C)cc3)n(CC(=O)Nc3ccccc3OCC)c2=O)C1. The van der Waals surface area contributed by atoms with Gasteiger partial charge in [0.05, 0.1) is 31.1 Å². The number of fused-ring (bicyclic) bond motifs is 1. The normalized spacial score (nSPS) is 12.6. The summed E-state index contributed by atoms with van der Waals surface area (Å²) in [6.45, 7) is 6.63. The Kier molecular flexibility index (Phi) is 7.68. The largest absolute Gasteiger partial charge is 0.492 e. The second-order valence-electron chi connectivity index (χ2n) is 8.47. The Hall–Kier alpha value is -4.14. The Labute approximate surface area is 209 Å². The predicted molar refractivity (Wildman–Crippen MR) is 136 cm³/mol. The molecule has 0 radical (unpaired) electrons. The number of nitrogens with one attached hydrogen (secondary N) is 1. The molecule has 2 amide bonds. The van der Waals surface area contributed by atoms with Crippen molar-refractivity contribution >= 4 is 17.7 Å². The van der Waals surface area contributed by atoms with Crippen LogP contribution >= 0.6 is 0 Å². The summed E-state index contributed by atoms with van der Waals surface area (Å²) in [5, 5.41) is 2.85. The van der Waals surface area contributed by atoms with Crippen LogP contribution in [0.2, 0.25) is 0 Å². The average molecular weight is 491 g/mol. The maximum Gasteiger partial charge on any atom is 0.410 e. The molecule has 0 aliphatic carbocycles. The van der Waals surface area contributed by atoms with Gasteiger partial charge in [0.25, 0.3) is 5.56 Å². The molecule has 36 heavy (non-hydrogen) atoms. The van der Waals surface area contributed by atoms with Crippen LogP contribution in [0.4, 0.5) is 10.5 Å². The van der Waals surface area contributed by atoms with Crippen LogP contribution in [0, 0.1) is 6.92 Å². The molecule has 0 atom stereocenters. The number of hydrogen-bond acceptors (Lipinski definition) is 6. The monoisotopic (exact) mass is 490 g/mol. The maximum absolute atomic E-state index is 13.6. The van der Waals surface area contributed by atoms with E-state index in [1.807, 2.05) is 44.2 Å². The molecule has 0 fully saturated rings. The number of ether oxygens (including phenoxy) is 2. The highest BCUT2D eigenvalue weighted by Crippen LogP contribution is 2.25. The summed E-state index contributed by atoms with van der Waals surface area (Å²) < 4.78 is 12.1. The van der Waals surface area contributed by atoms with Crippen molar-refractivity contribution in [1.29, 1.82) is 0 Å². The van der Waals surface area contributed by atoms with Crippen molar-refractivity contribution < 1.29 is 19.1 Å². The fourth-order valence-corrected chi connectivity index (χ4v) is 4.15. The quantitative estimate of drug-likeness (QED) is 0.541. The van der Waals surface area contributed by atoms with Crippen molar-refractivity contribution in [2.45, 2.75) is 40.3 Å².